The number of hydrogen-bond acceptors (Lipinski definition) is 3. The molecule has 1 unspecified atom stereocenters. The van der Waals surface area contributed by atoms with Gasteiger partial charge < -0.3 is 15.0 Å². The van der Waals surface area contributed by atoms with Gasteiger partial charge in [0.2, 0.25) is 0 Å². The Kier molecular flexibility index (Phi) is 5.59. The fourth-order valence-electron chi connectivity index (χ4n) is 2.51. The Hall–Kier alpha value is -1.58. The molecule has 0 aliphatic rings. The van der Waals surface area contributed by atoms with Crippen LogP contribution in [0.25, 0.3) is 10.8 Å². The van der Waals surface area contributed by atoms with E-state index in [2.05, 4.69) is 74.6 Å². The second-order valence-electron chi connectivity index (χ2n) is 5.64. The first-order valence-electron chi connectivity index (χ1n) is 7.66. The van der Waals surface area contributed by atoms with Crippen LogP contribution in [0.1, 0.15) is 25.5 Å². The molecular weight excluding hydrogens is 260 g/mol. The Morgan fingerprint density at radius 1 is 1.14 bits per heavy atom. The Morgan fingerprint density at radius 3 is 2.62 bits per heavy atom. The highest BCUT2D eigenvalue weighted by Gasteiger charge is 2.14. The first-order chi connectivity index (χ1) is 10.1. The molecule has 0 spiro atoms. The van der Waals surface area contributed by atoms with Crippen LogP contribution in [0.2, 0.25) is 0 Å². The molecule has 2 aromatic rings. The molecule has 3 heteroatoms. The van der Waals surface area contributed by atoms with Gasteiger partial charge in [0.25, 0.3) is 0 Å². The van der Waals surface area contributed by atoms with Crippen molar-refractivity contribution in [1.82, 2.24) is 10.2 Å². The third kappa shape index (κ3) is 3.96. The molecule has 3 nitrogen and oxygen atoms in total. The van der Waals surface area contributed by atoms with Gasteiger partial charge in [0, 0.05) is 23.5 Å². The van der Waals surface area contributed by atoms with Gasteiger partial charge in [-0.15, -0.1) is 0 Å². The van der Waals surface area contributed by atoms with E-state index in [1.165, 1.54) is 16.3 Å². The van der Waals surface area contributed by atoms with Crippen molar-refractivity contribution < 1.29 is 4.74 Å². The summed E-state index contributed by atoms with van der Waals surface area (Å²) in [5.41, 5.74) is 1.23. The van der Waals surface area contributed by atoms with Gasteiger partial charge in [-0.05, 0) is 33.0 Å². The second kappa shape index (κ2) is 7.43. The molecule has 0 heterocycles. The van der Waals surface area contributed by atoms with Crippen molar-refractivity contribution in [2.75, 3.05) is 33.8 Å². The molecule has 1 N–H and O–H groups in total. The zero-order valence-electron chi connectivity index (χ0n) is 13.5. The first kappa shape index (κ1) is 15.8. The maximum absolute atomic E-state index is 6.15. The monoisotopic (exact) mass is 286 g/mol. The molecule has 2 aromatic carbocycles. The highest BCUT2D eigenvalue weighted by molar-refractivity contribution is 5.89. The van der Waals surface area contributed by atoms with Crippen LogP contribution in [-0.2, 0) is 0 Å². The molecule has 0 saturated carbocycles. The number of nitrogens with one attached hydrogen (secondary N) is 1. The SMILES string of the molecule is CCNC(C)c1ccc2ccccc2c1OCCN(C)C. The summed E-state index contributed by atoms with van der Waals surface area (Å²) in [5, 5.41) is 5.90. The van der Waals surface area contributed by atoms with Crippen molar-refractivity contribution in [3.8, 4) is 5.75 Å². The minimum absolute atomic E-state index is 0.286. The molecule has 114 valence electrons. The van der Waals surface area contributed by atoms with Crippen LogP contribution < -0.4 is 10.1 Å². The Balaban J connectivity index is 2.37. The van der Waals surface area contributed by atoms with E-state index in [-0.39, 0.29) is 6.04 Å². The fraction of sp³-hybridized carbons (Fsp3) is 0.444. The highest BCUT2D eigenvalue weighted by atomic mass is 16.5. The average molecular weight is 286 g/mol. The highest BCUT2D eigenvalue weighted by Crippen LogP contribution is 2.33. The van der Waals surface area contributed by atoms with Crippen molar-refractivity contribution >= 4 is 10.8 Å². The zero-order chi connectivity index (χ0) is 15.2. The zero-order valence-corrected chi connectivity index (χ0v) is 13.5. The molecule has 21 heavy (non-hydrogen) atoms. The fourth-order valence-corrected chi connectivity index (χ4v) is 2.51. The molecule has 0 aliphatic carbocycles. The minimum atomic E-state index is 0.286. The molecule has 0 aliphatic heterocycles. The number of likely N-dealkylation sites (N-methyl/N-ethyl adjacent to an activating group) is 1. The van der Waals surface area contributed by atoms with Crippen LogP contribution in [0.15, 0.2) is 36.4 Å². The van der Waals surface area contributed by atoms with Crippen molar-refractivity contribution in [1.29, 1.82) is 0 Å². The predicted molar refractivity (Wildman–Crippen MR) is 90.1 cm³/mol. The van der Waals surface area contributed by atoms with Crippen molar-refractivity contribution in [2.45, 2.75) is 19.9 Å². The summed E-state index contributed by atoms with van der Waals surface area (Å²) in [6.07, 6.45) is 0. The second-order valence-corrected chi connectivity index (χ2v) is 5.64. The molecule has 0 bridgehead atoms. The number of fused-ring (bicyclic) bond motifs is 1. The van der Waals surface area contributed by atoms with Gasteiger partial charge >= 0.3 is 0 Å². The summed E-state index contributed by atoms with van der Waals surface area (Å²) >= 11 is 0. The smallest absolute Gasteiger partial charge is 0.131 e. The van der Waals surface area contributed by atoms with Gasteiger partial charge in [0.15, 0.2) is 0 Å². The van der Waals surface area contributed by atoms with E-state index in [0.29, 0.717) is 6.61 Å². The van der Waals surface area contributed by atoms with E-state index < -0.39 is 0 Å². The quantitative estimate of drug-likeness (QED) is 0.843. The van der Waals surface area contributed by atoms with Crippen LogP contribution in [0.4, 0.5) is 0 Å². The maximum atomic E-state index is 6.15. The summed E-state index contributed by atoms with van der Waals surface area (Å²) in [6.45, 7) is 6.88. The Bertz CT molecular complexity index is 580. The van der Waals surface area contributed by atoms with Gasteiger partial charge in [-0.3, -0.25) is 0 Å². The molecule has 1 atom stereocenters. The van der Waals surface area contributed by atoms with E-state index >= 15 is 0 Å². The van der Waals surface area contributed by atoms with Crippen LogP contribution in [0, 0.1) is 0 Å². The standard InChI is InChI=1S/C18H26N2O/c1-5-19-14(2)16-11-10-15-8-6-7-9-17(15)18(16)21-13-12-20(3)4/h6-11,14,19H,5,12-13H2,1-4H3. The summed E-state index contributed by atoms with van der Waals surface area (Å²) in [6, 6.07) is 13.1. The summed E-state index contributed by atoms with van der Waals surface area (Å²) in [5.74, 6) is 1.02. The normalized spacial score (nSPS) is 12.8. The summed E-state index contributed by atoms with van der Waals surface area (Å²) in [4.78, 5) is 2.14. The Morgan fingerprint density at radius 2 is 1.90 bits per heavy atom. The van der Waals surface area contributed by atoms with E-state index in [1.807, 2.05) is 0 Å². The lowest BCUT2D eigenvalue weighted by molar-refractivity contribution is 0.260. The number of rotatable bonds is 7. The van der Waals surface area contributed by atoms with Crippen LogP contribution >= 0.6 is 0 Å². The molecule has 0 fully saturated rings. The lowest BCUT2D eigenvalue weighted by Crippen LogP contribution is -2.22. The third-order valence-electron chi connectivity index (χ3n) is 3.67. The largest absolute Gasteiger partial charge is 0.491 e. The van der Waals surface area contributed by atoms with Gasteiger partial charge in [0.1, 0.15) is 12.4 Å². The summed E-state index contributed by atoms with van der Waals surface area (Å²) < 4.78 is 6.15. The number of nitrogens with zero attached hydrogens (tertiary/aromatic N) is 1. The van der Waals surface area contributed by atoms with Crippen molar-refractivity contribution in [2.24, 2.45) is 0 Å². The van der Waals surface area contributed by atoms with Gasteiger partial charge in [-0.2, -0.15) is 0 Å². The predicted octanol–water partition coefficient (Wildman–Crippen LogP) is 3.45. The van der Waals surface area contributed by atoms with Gasteiger partial charge in [-0.1, -0.05) is 43.3 Å². The van der Waals surface area contributed by atoms with E-state index in [0.717, 1.165) is 18.8 Å². The van der Waals surface area contributed by atoms with Crippen LogP contribution in [0.5, 0.6) is 5.75 Å². The van der Waals surface area contributed by atoms with Crippen LogP contribution in [-0.4, -0.2) is 38.7 Å². The Labute approximate surface area is 127 Å². The molecule has 0 saturated heterocycles. The van der Waals surface area contributed by atoms with Gasteiger partial charge in [-0.25, -0.2) is 0 Å². The maximum Gasteiger partial charge on any atom is 0.131 e. The average Bonchev–Trinajstić information content (AvgIpc) is 2.47. The lowest BCUT2D eigenvalue weighted by atomic mass is 10.0. The van der Waals surface area contributed by atoms with Gasteiger partial charge in [0.05, 0.1) is 0 Å². The molecule has 0 aromatic heterocycles. The molecular formula is C18H26N2O. The van der Waals surface area contributed by atoms with Crippen molar-refractivity contribution in [3.63, 3.8) is 0 Å². The molecule has 2 rings (SSSR count). The van der Waals surface area contributed by atoms with E-state index in [1.54, 1.807) is 0 Å². The lowest BCUT2D eigenvalue weighted by Gasteiger charge is -2.20. The summed E-state index contributed by atoms with van der Waals surface area (Å²) in [7, 11) is 4.13. The van der Waals surface area contributed by atoms with Crippen molar-refractivity contribution in [3.05, 3.63) is 42.0 Å². The molecule has 0 radical (unpaired) electrons. The van der Waals surface area contributed by atoms with E-state index in [9.17, 15) is 0 Å². The van der Waals surface area contributed by atoms with Crippen LogP contribution in [0.3, 0.4) is 0 Å². The molecule has 0 amide bonds. The van der Waals surface area contributed by atoms with E-state index in [4.69, 9.17) is 4.74 Å². The number of benzene rings is 2. The minimum Gasteiger partial charge on any atom is -0.491 e. The number of hydrogen-bond donors (Lipinski definition) is 1. The third-order valence-corrected chi connectivity index (χ3v) is 3.67. The topological polar surface area (TPSA) is 24.5 Å². The first-order valence-corrected chi connectivity index (χ1v) is 7.66. The number of ether oxygens (including phenoxy) is 1.